The van der Waals surface area contributed by atoms with Crippen LogP contribution >= 0.6 is 11.6 Å². The second-order valence-electron chi connectivity index (χ2n) is 24.2. The first kappa shape index (κ1) is 61.3. The summed E-state index contributed by atoms with van der Waals surface area (Å²) in [6.45, 7) is 0. The first-order valence-corrected chi connectivity index (χ1v) is 31.1. The van der Waals surface area contributed by atoms with Crippen molar-refractivity contribution in [3.8, 4) is 6.07 Å². The van der Waals surface area contributed by atoms with Crippen molar-refractivity contribution in [2.24, 2.45) is 64.4 Å². The van der Waals surface area contributed by atoms with Gasteiger partial charge in [0, 0.05) is 63.9 Å². The molecule has 3 heterocycles. The number of hydrogen-bond donors (Lipinski definition) is 10. The van der Waals surface area contributed by atoms with E-state index in [1.807, 2.05) is 84.9 Å². The maximum atomic E-state index is 13.5. The van der Waals surface area contributed by atoms with Gasteiger partial charge in [0.2, 0.25) is 23.6 Å². The molecule has 0 radical (unpaired) electrons. The molecule has 15 nitrogen and oxygen atoms in total. The van der Waals surface area contributed by atoms with Crippen LogP contribution in [0.1, 0.15) is 134 Å². The number of carbonyl (C=O) groups is 4. The van der Waals surface area contributed by atoms with Gasteiger partial charge in [-0.1, -0.05) is 109 Å². The van der Waals surface area contributed by atoms with Crippen molar-refractivity contribution < 1.29 is 23.6 Å². The lowest BCUT2D eigenvalue weighted by molar-refractivity contribution is -0.132. The van der Waals surface area contributed by atoms with Crippen molar-refractivity contribution in [2.45, 2.75) is 133 Å². The predicted octanol–water partition coefficient (Wildman–Crippen LogP) is 10.6. The number of nitrogens with zero attached hydrogens (tertiary/aromatic N) is 1. The van der Waals surface area contributed by atoms with Gasteiger partial charge >= 0.3 is 0 Å². The Kier molecular flexibility index (Phi) is 20.4. The summed E-state index contributed by atoms with van der Waals surface area (Å²) in [5, 5.41) is 29.5. The number of nitrogens with one attached hydrogen (secondary N) is 6. The average Bonchev–Trinajstić information content (AvgIpc) is 1.39. The molecule has 6 aromatic rings. The van der Waals surface area contributed by atoms with E-state index in [1.165, 1.54) is 35.2 Å². The Balaban J connectivity index is 0.000000135. The van der Waals surface area contributed by atoms with Crippen molar-refractivity contribution >= 4 is 52.3 Å². The van der Waals surface area contributed by atoms with Crippen molar-refractivity contribution in [3.63, 3.8) is 0 Å². The fourth-order valence-corrected chi connectivity index (χ4v) is 13.2. The van der Waals surface area contributed by atoms with Crippen LogP contribution in [0.5, 0.6) is 0 Å². The summed E-state index contributed by atoms with van der Waals surface area (Å²) in [7, 11) is 0. The van der Waals surface area contributed by atoms with Crippen LogP contribution in [0.3, 0.4) is 0 Å². The highest BCUT2D eigenvalue weighted by Gasteiger charge is 2.44. The molecule has 12 atom stereocenters. The molecule has 450 valence electrons. The van der Waals surface area contributed by atoms with Gasteiger partial charge in [-0.2, -0.15) is 5.26 Å². The SMILES string of the molecule is N#Cc1cccc(C(N)[C@H]2CC[C@H]2C(=O)NC2CCc3ccccc3N2)c1.NC(=O)C1CCC1.NC(c1cccc(Cl)c1)[C@H]1CC[C@H]1C(=O)NC1CCc2ccccc2N1.NC(c1cccc(F)c1)[C@H]1CC[C@H]1C(=O)NC1CCc2ccccc2N1. The molecule has 0 spiro atoms. The molecule has 6 unspecified atom stereocenters. The first-order chi connectivity index (χ1) is 41.7. The Labute approximate surface area is 509 Å². The minimum Gasteiger partial charge on any atom is -0.369 e. The van der Waals surface area contributed by atoms with Crippen molar-refractivity contribution in [2.75, 3.05) is 16.0 Å². The van der Waals surface area contributed by atoms with Crippen LogP contribution in [0.2, 0.25) is 5.02 Å². The summed E-state index contributed by atoms with van der Waals surface area (Å²) < 4.78 is 13.5. The zero-order valence-electron chi connectivity index (χ0n) is 48.6. The average molecular weight is 1180 g/mol. The molecule has 7 aliphatic rings. The summed E-state index contributed by atoms with van der Waals surface area (Å²) in [6, 6.07) is 47.6. The van der Waals surface area contributed by atoms with Gasteiger partial charge < -0.3 is 54.8 Å². The standard InChI is InChI=1S/C22H24N4O.C21H24ClN3O.C21H24FN3O.C5H9NO/c23-13-14-4-3-6-16(12-14)21(24)17-9-10-18(17)22(27)26-20-11-8-15-5-1-2-7-19(15)25-20;2*22-15-6-3-5-14(12-15)20(23)16-9-10-17(16)21(26)25-19-11-8-13-4-1-2-7-18(13)24-19;6-5(7)4-2-1-3-4/h1-7,12,17-18,20-21,25H,8-11,24H2,(H,26,27);2*1-7,12,16-17,19-20,24H,8-11,23H2,(H,25,26);4H,1-3H2,(H2,6,7)/t17-,18+,20?,21?;2*16-,17+,19?,20?;/m000./s1. The molecular formula is C69H81ClFN11O4. The van der Waals surface area contributed by atoms with Gasteiger partial charge in [0.05, 0.1) is 30.1 Å². The Morgan fingerprint density at radius 3 is 1.21 bits per heavy atom. The van der Waals surface area contributed by atoms with Crippen LogP contribution in [0.25, 0.3) is 0 Å². The van der Waals surface area contributed by atoms with Gasteiger partial charge in [-0.25, -0.2) is 4.39 Å². The lowest BCUT2D eigenvalue weighted by Gasteiger charge is -2.40. The van der Waals surface area contributed by atoms with Crippen LogP contribution in [-0.2, 0) is 38.4 Å². The summed E-state index contributed by atoms with van der Waals surface area (Å²) in [6.07, 6.45) is 14.1. The van der Waals surface area contributed by atoms with E-state index in [4.69, 9.17) is 39.8 Å². The molecular weight excluding hydrogens is 1100 g/mol. The molecule has 4 aliphatic carbocycles. The predicted molar refractivity (Wildman–Crippen MR) is 336 cm³/mol. The number of hydrogen-bond acceptors (Lipinski definition) is 11. The number of aryl methyl sites for hydroxylation is 3. The Morgan fingerprint density at radius 1 is 0.488 bits per heavy atom. The Hall–Kier alpha value is -7.81. The van der Waals surface area contributed by atoms with Gasteiger partial charge in [-0.05, 0) is 196 Å². The largest absolute Gasteiger partial charge is 0.369 e. The van der Waals surface area contributed by atoms with Gasteiger partial charge in [0.1, 0.15) is 5.82 Å². The van der Waals surface area contributed by atoms with Gasteiger partial charge in [0.15, 0.2) is 0 Å². The monoisotopic (exact) mass is 1180 g/mol. The molecule has 17 heteroatoms. The maximum absolute atomic E-state index is 13.5. The third kappa shape index (κ3) is 15.0. The molecule has 0 aromatic heterocycles. The quantitative estimate of drug-likeness (QED) is 0.0520. The lowest BCUT2D eigenvalue weighted by Crippen LogP contribution is -2.50. The van der Waals surface area contributed by atoms with Crippen molar-refractivity contribution in [3.05, 3.63) is 195 Å². The van der Waals surface area contributed by atoms with Crippen LogP contribution < -0.4 is 54.8 Å². The summed E-state index contributed by atoms with van der Waals surface area (Å²) in [5.74, 6) is 0.206. The number of para-hydroxylation sites is 3. The second-order valence-corrected chi connectivity index (χ2v) is 24.6. The number of amides is 4. The van der Waals surface area contributed by atoms with Crippen LogP contribution in [-0.4, -0.2) is 42.1 Å². The lowest BCUT2D eigenvalue weighted by atomic mass is 9.68. The highest BCUT2D eigenvalue weighted by Crippen LogP contribution is 2.45. The molecule has 14 N–H and O–H groups in total. The molecule has 4 amide bonds. The van der Waals surface area contributed by atoms with Gasteiger partial charge in [-0.15, -0.1) is 0 Å². The fourth-order valence-electron chi connectivity index (χ4n) is 13.0. The van der Waals surface area contributed by atoms with Crippen LogP contribution in [0.15, 0.2) is 146 Å². The van der Waals surface area contributed by atoms with E-state index in [-0.39, 0.29) is 107 Å². The molecule has 0 saturated heterocycles. The van der Waals surface area contributed by atoms with E-state index in [2.05, 4.69) is 74.4 Å². The molecule has 13 rings (SSSR count). The summed E-state index contributed by atoms with van der Waals surface area (Å²) in [4.78, 5) is 48.5. The highest BCUT2D eigenvalue weighted by atomic mass is 35.5. The highest BCUT2D eigenvalue weighted by molar-refractivity contribution is 6.30. The Bertz CT molecular complexity index is 3260. The molecule has 4 fully saturated rings. The fraction of sp³-hybridized carbons (Fsp3) is 0.406. The van der Waals surface area contributed by atoms with E-state index in [0.717, 1.165) is 124 Å². The number of anilines is 3. The number of nitrogens with two attached hydrogens (primary N) is 4. The van der Waals surface area contributed by atoms with Gasteiger partial charge in [-0.3, -0.25) is 19.2 Å². The maximum Gasteiger partial charge on any atom is 0.225 e. The van der Waals surface area contributed by atoms with E-state index in [0.29, 0.717) is 10.6 Å². The minimum atomic E-state index is -0.310. The molecule has 4 saturated carbocycles. The van der Waals surface area contributed by atoms with Crippen LogP contribution in [0, 0.1) is 58.6 Å². The summed E-state index contributed by atoms with van der Waals surface area (Å²) >= 11 is 6.08. The number of rotatable bonds is 13. The zero-order chi connectivity index (χ0) is 60.3. The number of benzene rings is 6. The number of fused-ring (bicyclic) bond motifs is 3. The minimum absolute atomic E-state index is 0.0129. The molecule has 6 aromatic carbocycles. The zero-order valence-corrected chi connectivity index (χ0v) is 49.4. The van der Waals surface area contributed by atoms with E-state index in [9.17, 15) is 23.6 Å². The van der Waals surface area contributed by atoms with Crippen molar-refractivity contribution in [1.82, 2.24) is 16.0 Å². The number of halogens is 2. The van der Waals surface area contributed by atoms with Crippen LogP contribution in [0.4, 0.5) is 21.5 Å². The van der Waals surface area contributed by atoms with Crippen molar-refractivity contribution in [1.29, 1.82) is 5.26 Å². The Morgan fingerprint density at radius 2 is 0.872 bits per heavy atom. The topological polar surface area (TPSA) is 268 Å². The number of primary amides is 1. The molecule has 86 heavy (non-hydrogen) atoms. The third-order valence-corrected chi connectivity index (χ3v) is 19.1. The van der Waals surface area contributed by atoms with E-state index >= 15 is 0 Å². The first-order valence-electron chi connectivity index (χ1n) is 30.7. The smallest absolute Gasteiger partial charge is 0.225 e. The molecule has 3 aliphatic heterocycles. The second kappa shape index (κ2) is 28.6. The van der Waals surface area contributed by atoms with E-state index in [1.54, 1.807) is 12.1 Å². The summed E-state index contributed by atoms with van der Waals surface area (Å²) in [5.41, 5.74) is 34.7. The molecule has 0 bridgehead atoms. The number of nitriles is 1. The van der Waals surface area contributed by atoms with E-state index < -0.39 is 0 Å². The number of carbonyl (C=O) groups excluding carboxylic acids is 4. The van der Waals surface area contributed by atoms with Gasteiger partial charge in [0.25, 0.3) is 0 Å². The third-order valence-electron chi connectivity index (χ3n) is 18.9. The normalized spacial score (nSPS) is 24.8.